The molecule has 2 fully saturated rings. The van der Waals surface area contributed by atoms with Gasteiger partial charge in [0.05, 0.1) is 6.04 Å². The molecular weight excluding hydrogens is 432 g/mol. The van der Waals surface area contributed by atoms with Gasteiger partial charge in [-0.1, -0.05) is 45.4 Å². The van der Waals surface area contributed by atoms with Crippen LogP contribution >= 0.6 is 0 Å². The van der Waals surface area contributed by atoms with Crippen molar-refractivity contribution < 1.29 is 27.5 Å². The molecule has 0 aromatic carbocycles. The molecule has 1 saturated heterocycles. The number of ketones is 1. The zero-order chi connectivity index (χ0) is 24.2. The molecule has 1 saturated carbocycles. The molecular formula is C23H42N2O6S. The number of rotatable bonds is 9. The van der Waals surface area contributed by atoms with Gasteiger partial charge in [-0.25, -0.2) is 17.9 Å². The molecule has 32 heavy (non-hydrogen) atoms. The Hall–Kier alpha value is -1.19. The molecule has 0 spiro atoms. The number of unbranched alkanes of at least 4 members (excludes halogenated alkanes) is 1. The van der Waals surface area contributed by atoms with E-state index in [1.54, 1.807) is 34.6 Å². The number of carbonyl (C=O) groups excluding carboxylic acids is 2. The van der Waals surface area contributed by atoms with Crippen LogP contribution in [0.1, 0.15) is 92.9 Å². The third-order valence-electron chi connectivity index (χ3n) is 6.07. The number of nitrogens with one attached hydrogen (secondary N) is 1. The molecule has 2 aliphatic rings. The Morgan fingerprint density at radius 2 is 1.78 bits per heavy atom. The Morgan fingerprint density at radius 3 is 2.34 bits per heavy atom. The summed E-state index contributed by atoms with van der Waals surface area (Å²) >= 11 is 0. The highest BCUT2D eigenvalue weighted by molar-refractivity contribution is 7.90. The molecule has 2 rings (SSSR count). The number of Topliss-reactive ketones (excluding diaryl/α,β-unsaturated/α-hetero) is 1. The summed E-state index contributed by atoms with van der Waals surface area (Å²) < 4.78 is 39.1. The van der Waals surface area contributed by atoms with E-state index in [0.717, 1.165) is 32.1 Å². The van der Waals surface area contributed by atoms with Gasteiger partial charge in [0.25, 0.3) is 0 Å². The van der Waals surface area contributed by atoms with E-state index < -0.39 is 51.1 Å². The summed E-state index contributed by atoms with van der Waals surface area (Å²) in [5.74, 6) is -0.805. The average molecular weight is 475 g/mol. The largest absolute Gasteiger partial charge is 0.444 e. The van der Waals surface area contributed by atoms with Crippen LogP contribution in [0, 0.1) is 5.92 Å². The Balaban J connectivity index is 2.26. The van der Waals surface area contributed by atoms with E-state index >= 15 is 0 Å². The molecule has 9 heteroatoms. The van der Waals surface area contributed by atoms with Gasteiger partial charge in [0, 0.05) is 6.54 Å². The van der Waals surface area contributed by atoms with Crippen LogP contribution in [0.5, 0.6) is 0 Å². The first-order chi connectivity index (χ1) is 14.8. The molecule has 0 aromatic heterocycles. The van der Waals surface area contributed by atoms with E-state index in [4.69, 9.17) is 9.47 Å². The standard InChI is InChI=1S/C23H42N2O6S/c1-7-8-14-24-32(28,29)16-19(26)20-18(15-17-12-10-9-11-13-17)25(23(5,6)30-20)21(27)31-22(2,3)4/h17-18,20,24H,7-16H2,1-6H3/t18-,20+/m0/s1. The fraction of sp³-hybridized carbons (Fsp3) is 0.913. The summed E-state index contributed by atoms with van der Waals surface area (Å²) in [6.07, 6.45) is 6.15. The minimum atomic E-state index is -3.77. The lowest BCUT2D eigenvalue weighted by Crippen LogP contribution is -2.51. The van der Waals surface area contributed by atoms with E-state index in [0.29, 0.717) is 25.3 Å². The number of hydrogen-bond donors (Lipinski definition) is 1. The first kappa shape index (κ1) is 27.1. The molecule has 1 N–H and O–H groups in total. The van der Waals surface area contributed by atoms with Gasteiger partial charge in [-0.05, 0) is 53.4 Å². The number of nitrogens with zero attached hydrogens (tertiary/aromatic N) is 1. The molecule has 0 bridgehead atoms. The van der Waals surface area contributed by atoms with Crippen LogP contribution in [0.2, 0.25) is 0 Å². The SMILES string of the molecule is CCCCNS(=O)(=O)CC(=O)[C@@H]1OC(C)(C)N(C(=O)OC(C)(C)C)[C@H]1CC1CCCCC1. The molecule has 1 aliphatic carbocycles. The first-order valence-corrected chi connectivity index (χ1v) is 13.6. The van der Waals surface area contributed by atoms with Crippen molar-refractivity contribution in [3.63, 3.8) is 0 Å². The molecule has 0 radical (unpaired) electrons. The van der Waals surface area contributed by atoms with Crippen molar-refractivity contribution in [3.8, 4) is 0 Å². The number of hydrogen-bond acceptors (Lipinski definition) is 6. The summed E-state index contributed by atoms with van der Waals surface area (Å²) in [5, 5.41) is 0. The second-order valence-electron chi connectivity index (χ2n) is 10.6. The predicted octanol–water partition coefficient (Wildman–Crippen LogP) is 3.99. The smallest absolute Gasteiger partial charge is 0.412 e. The second-order valence-corrected chi connectivity index (χ2v) is 12.4. The van der Waals surface area contributed by atoms with Gasteiger partial charge in [-0.2, -0.15) is 0 Å². The lowest BCUT2D eigenvalue weighted by molar-refractivity contribution is -0.133. The maximum Gasteiger partial charge on any atom is 0.412 e. The average Bonchev–Trinajstić information content (AvgIpc) is 2.91. The van der Waals surface area contributed by atoms with Gasteiger partial charge in [0.1, 0.15) is 23.2 Å². The van der Waals surface area contributed by atoms with Gasteiger partial charge >= 0.3 is 6.09 Å². The van der Waals surface area contributed by atoms with Gasteiger partial charge < -0.3 is 9.47 Å². The summed E-state index contributed by atoms with van der Waals surface area (Å²) in [5.41, 5.74) is -1.78. The number of ether oxygens (including phenoxy) is 2. The van der Waals surface area contributed by atoms with Crippen LogP contribution in [0.25, 0.3) is 0 Å². The third-order valence-corrected chi connectivity index (χ3v) is 7.38. The van der Waals surface area contributed by atoms with E-state index in [1.807, 2.05) is 6.92 Å². The highest BCUT2D eigenvalue weighted by Gasteiger charge is 2.54. The minimum absolute atomic E-state index is 0.304. The number of amides is 1. The van der Waals surface area contributed by atoms with Crippen molar-refractivity contribution in [2.45, 2.75) is 116 Å². The normalized spacial score (nSPS) is 24.5. The zero-order valence-electron chi connectivity index (χ0n) is 20.6. The van der Waals surface area contributed by atoms with E-state index in [9.17, 15) is 18.0 Å². The maximum atomic E-state index is 13.2. The quantitative estimate of drug-likeness (QED) is 0.507. The lowest BCUT2D eigenvalue weighted by Gasteiger charge is -2.36. The minimum Gasteiger partial charge on any atom is -0.444 e. The molecule has 8 nitrogen and oxygen atoms in total. The molecule has 0 aromatic rings. The maximum absolute atomic E-state index is 13.2. The van der Waals surface area contributed by atoms with Gasteiger partial charge in [0.15, 0.2) is 5.78 Å². The molecule has 1 aliphatic heterocycles. The van der Waals surface area contributed by atoms with Crippen LogP contribution < -0.4 is 4.72 Å². The summed E-state index contributed by atoms with van der Waals surface area (Å²) in [6.45, 7) is 11.1. The van der Waals surface area contributed by atoms with Crippen molar-refractivity contribution in [1.82, 2.24) is 9.62 Å². The van der Waals surface area contributed by atoms with Gasteiger partial charge in [-0.3, -0.25) is 9.69 Å². The van der Waals surface area contributed by atoms with Crippen molar-refractivity contribution in [2.24, 2.45) is 5.92 Å². The van der Waals surface area contributed by atoms with Crippen molar-refractivity contribution in [2.75, 3.05) is 12.3 Å². The Bertz CT molecular complexity index is 753. The van der Waals surface area contributed by atoms with E-state index in [2.05, 4.69) is 4.72 Å². The summed E-state index contributed by atoms with van der Waals surface area (Å²) in [4.78, 5) is 27.8. The van der Waals surface area contributed by atoms with Gasteiger partial charge in [0.2, 0.25) is 10.0 Å². The van der Waals surface area contributed by atoms with Gasteiger partial charge in [-0.15, -0.1) is 0 Å². The zero-order valence-corrected chi connectivity index (χ0v) is 21.4. The predicted molar refractivity (Wildman–Crippen MR) is 124 cm³/mol. The third kappa shape index (κ3) is 7.70. The van der Waals surface area contributed by atoms with Crippen LogP contribution in [-0.4, -0.2) is 61.0 Å². The lowest BCUT2D eigenvalue weighted by atomic mass is 9.83. The Morgan fingerprint density at radius 1 is 1.16 bits per heavy atom. The molecule has 2 atom stereocenters. The van der Waals surface area contributed by atoms with Crippen LogP contribution in [0.4, 0.5) is 4.79 Å². The molecule has 186 valence electrons. The number of carbonyl (C=O) groups is 2. The van der Waals surface area contributed by atoms with Crippen molar-refractivity contribution in [1.29, 1.82) is 0 Å². The summed E-state index contributed by atoms with van der Waals surface area (Å²) in [7, 11) is -3.77. The van der Waals surface area contributed by atoms with Crippen LogP contribution in [0.3, 0.4) is 0 Å². The first-order valence-electron chi connectivity index (χ1n) is 12.0. The topological polar surface area (TPSA) is 102 Å². The fourth-order valence-corrected chi connectivity index (χ4v) is 5.74. The second kappa shape index (κ2) is 10.8. The monoisotopic (exact) mass is 474 g/mol. The highest BCUT2D eigenvalue weighted by atomic mass is 32.2. The molecule has 0 unspecified atom stereocenters. The summed E-state index contributed by atoms with van der Waals surface area (Å²) in [6, 6.07) is -0.554. The highest BCUT2D eigenvalue weighted by Crippen LogP contribution is 2.39. The van der Waals surface area contributed by atoms with Crippen molar-refractivity contribution in [3.05, 3.63) is 0 Å². The van der Waals surface area contributed by atoms with Crippen LogP contribution in [0.15, 0.2) is 0 Å². The van der Waals surface area contributed by atoms with Crippen LogP contribution in [-0.2, 0) is 24.3 Å². The number of sulfonamides is 1. The van der Waals surface area contributed by atoms with E-state index in [1.165, 1.54) is 11.3 Å². The van der Waals surface area contributed by atoms with E-state index in [-0.39, 0.29) is 0 Å². The molecule has 1 heterocycles. The molecule has 1 amide bonds. The Kier molecular flexibility index (Phi) is 9.15. The van der Waals surface area contributed by atoms with Crippen molar-refractivity contribution >= 4 is 21.9 Å². The fourth-order valence-electron chi connectivity index (χ4n) is 4.65. The Labute approximate surface area is 193 Å².